The van der Waals surface area contributed by atoms with Gasteiger partial charge in [-0.15, -0.1) is 0 Å². The van der Waals surface area contributed by atoms with Gasteiger partial charge in [0.15, 0.2) is 0 Å². The van der Waals surface area contributed by atoms with Gasteiger partial charge in [-0.2, -0.15) is 4.72 Å². The van der Waals surface area contributed by atoms with Crippen LogP contribution in [-0.4, -0.2) is 62.9 Å². The van der Waals surface area contributed by atoms with Crippen molar-refractivity contribution >= 4 is 22.0 Å². The Morgan fingerprint density at radius 3 is 2.24 bits per heavy atom. The molecule has 1 atom stereocenters. The van der Waals surface area contributed by atoms with Crippen LogP contribution >= 0.6 is 0 Å². The number of carbonyl (C=O) groups excluding carboxylic acids is 1. The highest BCUT2D eigenvalue weighted by atomic mass is 32.2. The summed E-state index contributed by atoms with van der Waals surface area (Å²) in [5.74, 6) is 0.0444. The largest absolute Gasteiger partial charge is 0.339 e. The predicted octanol–water partition coefficient (Wildman–Crippen LogP) is 3.55. The number of hydrogen-bond acceptors (Lipinski definition) is 4. The summed E-state index contributed by atoms with van der Waals surface area (Å²) in [4.78, 5) is 17.6. The third kappa shape index (κ3) is 7.52. The maximum atomic E-state index is 13.3. The number of sulfonamides is 1. The van der Waals surface area contributed by atoms with Gasteiger partial charge in [0, 0.05) is 32.7 Å². The van der Waals surface area contributed by atoms with Gasteiger partial charge < -0.3 is 4.90 Å². The van der Waals surface area contributed by atoms with E-state index in [0.717, 1.165) is 25.2 Å². The fraction of sp³-hybridized carbons (Fsp3) is 0.423. The minimum absolute atomic E-state index is 0.140. The van der Waals surface area contributed by atoms with Crippen molar-refractivity contribution in [2.45, 2.75) is 38.1 Å². The summed E-state index contributed by atoms with van der Waals surface area (Å²) in [5.41, 5.74) is 2.16. The van der Waals surface area contributed by atoms with Gasteiger partial charge in [-0.1, -0.05) is 74.0 Å². The Labute approximate surface area is 198 Å². The zero-order valence-electron chi connectivity index (χ0n) is 19.8. The topological polar surface area (TPSA) is 69.7 Å². The van der Waals surface area contributed by atoms with E-state index < -0.39 is 16.1 Å². The van der Waals surface area contributed by atoms with Gasteiger partial charge in [0.2, 0.25) is 15.9 Å². The molecule has 1 aliphatic heterocycles. The predicted molar refractivity (Wildman–Crippen MR) is 133 cm³/mol. The number of aryl methyl sites for hydroxylation is 1. The molecule has 1 heterocycles. The number of hydrogen-bond donors (Lipinski definition) is 1. The Hall–Kier alpha value is -2.48. The van der Waals surface area contributed by atoms with Gasteiger partial charge in [0.05, 0.1) is 4.90 Å². The molecule has 1 saturated heterocycles. The Morgan fingerprint density at radius 1 is 1.00 bits per heavy atom. The van der Waals surface area contributed by atoms with Crippen LogP contribution in [0, 0.1) is 12.8 Å². The Morgan fingerprint density at radius 2 is 1.64 bits per heavy atom. The lowest BCUT2D eigenvalue weighted by Crippen LogP contribution is -2.55. The normalized spacial score (nSPS) is 16.4. The molecule has 0 bridgehead atoms. The standard InChI is InChI=1S/C26H35N3O3S/c1-21(2)20-25(27-33(31,32)24-13-11-22(3)12-14-24)26(30)29-18-16-28(17-19-29)15-7-10-23-8-5-4-6-9-23/h4-14,21,25,27H,15-20H2,1-3H3/b10-7+. The summed E-state index contributed by atoms with van der Waals surface area (Å²) >= 11 is 0. The molecule has 2 aromatic rings. The third-order valence-corrected chi connectivity index (χ3v) is 7.28. The molecule has 2 aromatic carbocycles. The molecule has 33 heavy (non-hydrogen) atoms. The van der Waals surface area contributed by atoms with Crippen LogP contribution in [0.2, 0.25) is 0 Å². The van der Waals surface area contributed by atoms with E-state index in [-0.39, 0.29) is 16.7 Å². The lowest BCUT2D eigenvalue weighted by molar-refractivity contribution is -0.135. The smallest absolute Gasteiger partial charge is 0.241 e. The Balaban J connectivity index is 1.58. The molecule has 1 aliphatic rings. The highest BCUT2D eigenvalue weighted by Gasteiger charge is 2.31. The molecule has 0 spiro atoms. The lowest BCUT2D eigenvalue weighted by atomic mass is 10.0. The first-order chi connectivity index (χ1) is 15.7. The van der Waals surface area contributed by atoms with E-state index in [4.69, 9.17) is 0 Å². The van der Waals surface area contributed by atoms with E-state index in [0.29, 0.717) is 19.5 Å². The van der Waals surface area contributed by atoms with Crippen LogP contribution in [0.25, 0.3) is 6.08 Å². The second kappa shape index (κ2) is 11.6. The minimum Gasteiger partial charge on any atom is -0.339 e. The molecule has 0 radical (unpaired) electrons. The summed E-state index contributed by atoms with van der Waals surface area (Å²) in [6.07, 6.45) is 4.71. The van der Waals surface area contributed by atoms with Crippen LogP contribution in [0.5, 0.6) is 0 Å². The van der Waals surface area contributed by atoms with Gasteiger partial charge in [-0.3, -0.25) is 9.69 Å². The van der Waals surface area contributed by atoms with Gasteiger partial charge in [-0.25, -0.2) is 8.42 Å². The minimum atomic E-state index is -3.77. The molecule has 1 unspecified atom stereocenters. The van der Waals surface area contributed by atoms with Gasteiger partial charge in [0.25, 0.3) is 0 Å². The maximum Gasteiger partial charge on any atom is 0.241 e. The van der Waals surface area contributed by atoms with Gasteiger partial charge in [-0.05, 0) is 37.0 Å². The van der Waals surface area contributed by atoms with Crippen molar-refractivity contribution in [2.75, 3.05) is 32.7 Å². The fourth-order valence-corrected chi connectivity index (χ4v) is 5.12. The molecule has 0 aromatic heterocycles. The zero-order chi connectivity index (χ0) is 23.8. The van der Waals surface area contributed by atoms with Crippen LogP contribution < -0.4 is 4.72 Å². The number of rotatable bonds is 9. The van der Waals surface area contributed by atoms with Crippen molar-refractivity contribution in [2.24, 2.45) is 5.92 Å². The summed E-state index contributed by atoms with van der Waals surface area (Å²) in [6, 6.07) is 16.1. The average Bonchev–Trinajstić information content (AvgIpc) is 2.79. The third-order valence-electron chi connectivity index (χ3n) is 5.79. The van der Waals surface area contributed by atoms with Crippen molar-refractivity contribution in [3.8, 4) is 0 Å². The van der Waals surface area contributed by atoms with Crippen molar-refractivity contribution in [3.63, 3.8) is 0 Å². The first kappa shape index (κ1) is 25.1. The molecule has 1 fully saturated rings. The maximum absolute atomic E-state index is 13.3. The number of nitrogens with zero attached hydrogens (tertiary/aromatic N) is 2. The first-order valence-corrected chi connectivity index (χ1v) is 13.0. The summed E-state index contributed by atoms with van der Waals surface area (Å²) in [6.45, 7) is 9.46. The number of benzene rings is 2. The van der Waals surface area contributed by atoms with E-state index in [1.165, 1.54) is 5.56 Å². The lowest BCUT2D eigenvalue weighted by Gasteiger charge is -2.36. The van der Waals surface area contributed by atoms with Gasteiger partial charge in [0.1, 0.15) is 6.04 Å². The highest BCUT2D eigenvalue weighted by molar-refractivity contribution is 7.89. The molecule has 7 heteroatoms. The van der Waals surface area contributed by atoms with Crippen molar-refractivity contribution in [1.82, 2.24) is 14.5 Å². The molecule has 0 aliphatic carbocycles. The SMILES string of the molecule is Cc1ccc(S(=O)(=O)NC(CC(C)C)C(=O)N2CCN(C/C=C/c3ccccc3)CC2)cc1. The molecule has 178 valence electrons. The van der Waals surface area contributed by atoms with E-state index in [2.05, 4.69) is 33.9 Å². The summed E-state index contributed by atoms with van der Waals surface area (Å²) < 4.78 is 28.5. The number of piperazine rings is 1. The monoisotopic (exact) mass is 469 g/mol. The number of amides is 1. The Kier molecular flexibility index (Phi) is 8.83. The summed E-state index contributed by atoms with van der Waals surface area (Å²) in [7, 11) is -3.77. The zero-order valence-corrected chi connectivity index (χ0v) is 20.6. The van der Waals surface area contributed by atoms with Crippen LogP contribution in [0.4, 0.5) is 0 Å². The molecule has 3 rings (SSSR count). The second-order valence-electron chi connectivity index (χ2n) is 9.06. The van der Waals surface area contributed by atoms with E-state index in [9.17, 15) is 13.2 Å². The van der Waals surface area contributed by atoms with Crippen molar-refractivity contribution < 1.29 is 13.2 Å². The fourth-order valence-electron chi connectivity index (χ4n) is 3.92. The van der Waals surface area contributed by atoms with E-state index in [1.54, 1.807) is 29.2 Å². The number of carbonyl (C=O) groups is 1. The first-order valence-electron chi connectivity index (χ1n) is 11.6. The quantitative estimate of drug-likeness (QED) is 0.610. The highest BCUT2D eigenvalue weighted by Crippen LogP contribution is 2.16. The molecular formula is C26H35N3O3S. The van der Waals surface area contributed by atoms with Crippen molar-refractivity contribution in [3.05, 3.63) is 71.8 Å². The average molecular weight is 470 g/mol. The van der Waals surface area contributed by atoms with Gasteiger partial charge >= 0.3 is 0 Å². The molecule has 1 N–H and O–H groups in total. The van der Waals surface area contributed by atoms with Crippen LogP contribution in [-0.2, 0) is 14.8 Å². The molecule has 0 saturated carbocycles. The number of nitrogens with one attached hydrogen (secondary N) is 1. The van der Waals surface area contributed by atoms with Crippen LogP contribution in [0.15, 0.2) is 65.6 Å². The van der Waals surface area contributed by atoms with Crippen LogP contribution in [0.3, 0.4) is 0 Å². The second-order valence-corrected chi connectivity index (χ2v) is 10.8. The molecular weight excluding hydrogens is 434 g/mol. The molecule has 1 amide bonds. The summed E-state index contributed by atoms with van der Waals surface area (Å²) in [5, 5.41) is 0. The Bertz CT molecular complexity index is 1030. The van der Waals surface area contributed by atoms with E-state index in [1.807, 2.05) is 39.0 Å². The van der Waals surface area contributed by atoms with Crippen molar-refractivity contribution in [1.29, 1.82) is 0 Å². The van der Waals surface area contributed by atoms with Crippen LogP contribution in [0.1, 0.15) is 31.4 Å². The molecule has 6 nitrogen and oxygen atoms in total. The van der Waals surface area contributed by atoms with E-state index >= 15 is 0 Å².